The van der Waals surface area contributed by atoms with E-state index in [4.69, 9.17) is 0 Å². The number of thiazole rings is 1. The summed E-state index contributed by atoms with van der Waals surface area (Å²) in [5.41, 5.74) is 2.87. The molecule has 1 unspecified atom stereocenters. The molecule has 26 heavy (non-hydrogen) atoms. The Balaban J connectivity index is 1.36. The number of anilines is 2. The van der Waals surface area contributed by atoms with Crippen molar-refractivity contribution in [3.8, 4) is 0 Å². The summed E-state index contributed by atoms with van der Waals surface area (Å²) < 4.78 is 0. The Bertz CT molecular complexity index is 807. The first-order valence-corrected chi connectivity index (χ1v) is 9.94. The van der Waals surface area contributed by atoms with Gasteiger partial charge in [-0.25, -0.2) is 4.98 Å². The van der Waals surface area contributed by atoms with E-state index < -0.39 is 0 Å². The van der Waals surface area contributed by atoms with Crippen LogP contribution in [0.3, 0.4) is 0 Å². The predicted molar refractivity (Wildman–Crippen MR) is 105 cm³/mol. The molecule has 1 spiro atoms. The number of aryl methyl sites for hydroxylation is 1. The highest BCUT2D eigenvalue weighted by molar-refractivity contribution is 7.15. The van der Waals surface area contributed by atoms with Gasteiger partial charge in [-0.1, -0.05) is 0 Å². The summed E-state index contributed by atoms with van der Waals surface area (Å²) in [4.78, 5) is 26.0. The summed E-state index contributed by atoms with van der Waals surface area (Å²) in [5, 5.41) is 3.46. The van der Waals surface area contributed by atoms with Crippen LogP contribution in [0.2, 0.25) is 0 Å². The van der Waals surface area contributed by atoms with E-state index in [9.17, 15) is 4.79 Å². The van der Waals surface area contributed by atoms with Gasteiger partial charge >= 0.3 is 0 Å². The van der Waals surface area contributed by atoms with Gasteiger partial charge in [0.1, 0.15) is 0 Å². The Morgan fingerprint density at radius 3 is 2.92 bits per heavy atom. The molecule has 0 radical (unpaired) electrons. The fourth-order valence-electron chi connectivity index (χ4n) is 4.17. The minimum absolute atomic E-state index is 0.0669. The molecule has 4 rings (SSSR count). The molecule has 2 fully saturated rings. The molecule has 0 aromatic carbocycles. The van der Waals surface area contributed by atoms with E-state index in [-0.39, 0.29) is 5.91 Å². The number of amides is 1. The van der Waals surface area contributed by atoms with E-state index in [1.165, 1.54) is 35.9 Å². The van der Waals surface area contributed by atoms with Crippen LogP contribution in [0.25, 0.3) is 0 Å². The number of likely N-dealkylation sites (tertiary alicyclic amines) is 1. The average Bonchev–Trinajstić information content (AvgIpc) is 3.30. The molecule has 2 aromatic rings. The zero-order valence-electron chi connectivity index (χ0n) is 15.4. The van der Waals surface area contributed by atoms with Crippen molar-refractivity contribution in [1.82, 2.24) is 14.9 Å². The van der Waals surface area contributed by atoms with Crippen molar-refractivity contribution in [3.05, 3.63) is 35.1 Å². The molecule has 7 heteroatoms. The molecule has 2 aliphatic rings. The monoisotopic (exact) mass is 371 g/mol. The molecular weight excluding hydrogens is 346 g/mol. The zero-order chi connectivity index (χ0) is 18.1. The lowest BCUT2D eigenvalue weighted by Gasteiger charge is -2.25. The second-order valence-electron chi connectivity index (χ2n) is 7.67. The van der Waals surface area contributed by atoms with Gasteiger partial charge in [-0.2, -0.15) is 0 Å². The maximum absolute atomic E-state index is 11.1. The molecule has 1 atom stereocenters. The quantitative estimate of drug-likeness (QED) is 0.895. The molecule has 2 aliphatic heterocycles. The number of pyridine rings is 1. The van der Waals surface area contributed by atoms with Gasteiger partial charge in [0.25, 0.3) is 0 Å². The van der Waals surface area contributed by atoms with E-state index in [2.05, 4.69) is 38.1 Å². The molecule has 0 aliphatic carbocycles. The van der Waals surface area contributed by atoms with Crippen LogP contribution in [0.15, 0.2) is 24.7 Å². The van der Waals surface area contributed by atoms with Crippen LogP contribution in [-0.2, 0) is 11.3 Å². The van der Waals surface area contributed by atoms with Crippen LogP contribution < -0.4 is 10.2 Å². The third-order valence-electron chi connectivity index (χ3n) is 5.40. The smallest absolute Gasteiger partial charge is 0.223 e. The second-order valence-corrected chi connectivity index (χ2v) is 8.78. The highest BCUT2D eigenvalue weighted by atomic mass is 32.1. The van der Waals surface area contributed by atoms with E-state index in [1.807, 2.05) is 18.6 Å². The lowest BCUT2D eigenvalue weighted by molar-refractivity contribution is -0.114. The van der Waals surface area contributed by atoms with Gasteiger partial charge in [-0.15, -0.1) is 11.3 Å². The van der Waals surface area contributed by atoms with Crippen LogP contribution in [0.5, 0.6) is 0 Å². The topological polar surface area (TPSA) is 61.4 Å². The minimum atomic E-state index is -0.0669. The normalized spacial score (nSPS) is 23.1. The Morgan fingerprint density at radius 2 is 2.12 bits per heavy atom. The molecule has 4 heterocycles. The van der Waals surface area contributed by atoms with Crippen LogP contribution in [0, 0.1) is 12.3 Å². The van der Waals surface area contributed by atoms with Crippen molar-refractivity contribution in [2.24, 2.45) is 5.41 Å². The number of hydrogen-bond donors (Lipinski definition) is 1. The third kappa shape index (κ3) is 3.73. The van der Waals surface area contributed by atoms with Crippen LogP contribution >= 0.6 is 11.3 Å². The van der Waals surface area contributed by atoms with Crippen LogP contribution in [0.4, 0.5) is 10.8 Å². The van der Waals surface area contributed by atoms with Gasteiger partial charge in [-0.3, -0.25) is 14.7 Å². The van der Waals surface area contributed by atoms with E-state index in [1.54, 1.807) is 11.3 Å². The van der Waals surface area contributed by atoms with Gasteiger partial charge < -0.3 is 10.2 Å². The summed E-state index contributed by atoms with van der Waals surface area (Å²) in [5.74, 6) is -0.0669. The van der Waals surface area contributed by atoms with Gasteiger partial charge in [-0.05, 0) is 37.9 Å². The number of rotatable bonds is 4. The Labute approximate surface area is 158 Å². The molecule has 2 aromatic heterocycles. The summed E-state index contributed by atoms with van der Waals surface area (Å²) in [6, 6.07) is 2.24. The zero-order valence-corrected chi connectivity index (χ0v) is 16.2. The highest BCUT2D eigenvalue weighted by Crippen LogP contribution is 2.41. The van der Waals surface area contributed by atoms with Crippen molar-refractivity contribution < 1.29 is 4.79 Å². The fraction of sp³-hybridized carbons (Fsp3) is 0.526. The number of carbonyl (C=O) groups is 1. The Kier molecular flexibility index (Phi) is 4.67. The molecule has 1 N–H and O–H groups in total. The third-order valence-corrected chi connectivity index (χ3v) is 6.29. The van der Waals surface area contributed by atoms with Crippen molar-refractivity contribution in [2.75, 3.05) is 36.4 Å². The number of carbonyl (C=O) groups excluding carboxylic acids is 1. The Morgan fingerprint density at radius 1 is 1.27 bits per heavy atom. The summed E-state index contributed by atoms with van der Waals surface area (Å²) >= 11 is 1.57. The summed E-state index contributed by atoms with van der Waals surface area (Å²) in [7, 11) is 0. The average molecular weight is 372 g/mol. The maximum atomic E-state index is 11.1. The standard InChI is InChI=1S/C19H25N5OS/c1-14-7-16(9-20-8-14)24-6-4-19(13-24)3-5-23(12-19)11-17-10-21-18(26-17)22-15(2)25/h7-10H,3-6,11-13H2,1-2H3,(H,21,22,25). The lowest BCUT2D eigenvalue weighted by atomic mass is 9.86. The molecule has 0 saturated carbocycles. The minimum Gasteiger partial charge on any atom is -0.370 e. The molecule has 138 valence electrons. The van der Waals surface area contributed by atoms with Gasteiger partial charge in [0.2, 0.25) is 5.91 Å². The highest BCUT2D eigenvalue weighted by Gasteiger charge is 2.43. The summed E-state index contributed by atoms with van der Waals surface area (Å²) in [6.45, 7) is 9.04. The van der Waals surface area contributed by atoms with E-state index >= 15 is 0 Å². The van der Waals surface area contributed by atoms with Crippen molar-refractivity contribution in [1.29, 1.82) is 0 Å². The van der Waals surface area contributed by atoms with E-state index in [0.29, 0.717) is 10.5 Å². The first kappa shape index (κ1) is 17.4. The SMILES string of the molecule is CC(=O)Nc1ncc(CN2CCC3(CCN(c4cncc(C)c4)C3)C2)s1. The second kappa shape index (κ2) is 6.96. The number of hydrogen-bond acceptors (Lipinski definition) is 6. The maximum Gasteiger partial charge on any atom is 0.223 e. The number of nitrogens with zero attached hydrogens (tertiary/aromatic N) is 4. The van der Waals surface area contributed by atoms with Gasteiger partial charge in [0.05, 0.1) is 11.9 Å². The number of nitrogens with one attached hydrogen (secondary N) is 1. The molecule has 1 amide bonds. The fourth-order valence-corrected chi connectivity index (χ4v) is 5.07. The Hall–Kier alpha value is -1.99. The van der Waals surface area contributed by atoms with Gasteiger partial charge in [0.15, 0.2) is 5.13 Å². The molecular formula is C19H25N5OS. The van der Waals surface area contributed by atoms with Crippen molar-refractivity contribution in [2.45, 2.75) is 33.2 Å². The molecule has 6 nitrogen and oxygen atoms in total. The van der Waals surface area contributed by atoms with Crippen LogP contribution in [0.1, 0.15) is 30.2 Å². The number of aromatic nitrogens is 2. The predicted octanol–water partition coefficient (Wildman–Crippen LogP) is 2.91. The van der Waals surface area contributed by atoms with Crippen molar-refractivity contribution >= 4 is 28.1 Å². The van der Waals surface area contributed by atoms with Crippen molar-refractivity contribution in [3.63, 3.8) is 0 Å². The van der Waals surface area contributed by atoms with E-state index in [0.717, 1.165) is 32.7 Å². The lowest BCUT2D eigenvalue weighted by Crippen LogP contribution is -2.30. The van der Waals surface area contributed by atoms with Gasteiger partial charge in [0, 0.05) is 55.8 Å². The first-order chi connectivity index (χ1) is 12.5. The summed E-state index contributed by atoms with van der Waals surface area (Å²) in [6.07, 6.45) is 8.29. The van der Waals surface area contributed by atoms with Crippen LogP contribution in [-0.4, -0.2) is 47.0 Å². The molecule has 2 saturated heterocycles. The molecule has 0 bridgehead atoms. The largest absolute Gasteiger partial charge is 0.370 e. The first-order valence-electron chi connectivity index (χ1n) is 9.13.